The van der Waals surface area contributed by atoms with Gasteiger partial charge < -0.3 is 10.2 Å². The van der Waals surface area contributed by atoms with Gasteiger partial charge in [-0.25, -0.2) is 4.99 Å². The Morgan fingerprint density at radius 2 is 1.91 bits per heavy atom. The van der Waals surface area contributed by atoms with E-state index in [4.69, 9.17) is 11.6 Å². The minimum Gasteiger partial charge on any atom is -0.369 e. The first-order chi connectivity index (χ1) is 10.5. The number of nitrogens with one attached hydrogen (secondary N) is 1. The molecule has 1 aromatic rings. The van der Waals surface area contributed by atoms with Crippen LogP contribution in [0.2, 0.25) is 5.02 Å². The molecule has 0 aromatic heterocycles. The number of halogens is 4. The molecule has 126 valence electrons. The fourth-order valence-corrected chi connectivity index (χ4v) is 1.75. The van der Waals surface area contributed by atoms with Crippen molar-refractivity contribution in [1.29, 1.82) is 0 Å². The predicted octanol–water partition coefficient (Wildman–Crippen LogP) is 2.59. The highest BCUT2D eigenvalue weighted by Crippen LogP contribution is 2.31. The molecule has 0 saturated heterocycles. The van der Waals surface area contributed by atoms with Crippen molar-refractivity contribution in [1.82, 2.24) is 10.2 Å². The second-order valence-electron chi connectivity index (χ2n) is 4.97. The summed E-state index contributed by atoms with van der Waals surface area (Å²) in [7, 11) is 3.31. The molecule has 0 spiro atoms. The second kappa shape index (κ2) is 7.45. The summed E-state index contributed by atoms with van der Waals surface area (Å²) >= 11 is 5.61. The highest BCUT2D eigenvalue weighted by atomic mass is 35.5. The van der Waals surface area contributed by atoms with Gasteiger partial charge in [-0.15, -0.1) is 0 Å². The summed E-state index contributed by atoms with van der Waals surface area (Å²) in [5, 5.41) is 2.05. The first kappa shape index (κ1) is 19.0. The van der Waals surface area contributed by atoms with Crippen molar-refractivity contribution in [3.63, 3.8) is 0 Å². The van der Waals surface area contributed by atoms with Crippen molar-refractivity contribution in [2.24, 2.45) is 4.99 Å². The Kier molecular flexibility index (Phi) is 6.14. The molecule has 1 rings (SSSR count). The first-order valence-corrected chi connectivity index (χ1v) is 6.81. The number of rotatable bonds is 4. The van der Waals surface area contributed by atoms with Crippen molar-refractivity contribution in [2.45, 2.75) is 19.1 Å². The van der Waals surface area contributed by atoms with E-state index in [0.29, 0.717) is 12.1 Å². The molecule has 0 unspecified atom stereocenters. The normalized spacial score (nSPS) is 13.0. The van der Waals surface area contributed by atoms with Gasteiger partial charge in [-0.2, -0.15) is 13.2 Å². The Hall–Kier alpha value is -2.09. The lowest BCUT2D eigenvalue weighted by Crippen LogP contribution is -2.38. The number of carbonyl (C=O) groups excluding carboxylic acids is 2. The Bertz CT molecular complexity index is 630. The summed E-state index contributed by atoms with van der Waals surface area (Å²) in [6.45, 7) is 1.38. The highest BCUT2D eigenvalue weighted by molar-refractivity contribution is 6.31. The van der Waals surface area contributed by atoms with Crippen molar-refractivity contribution in [3.8, 4) is 0 Å². The van der Waals surface area contributed by atoms with E-state index in [0.717, 1.165) is 6.07 Å². The van der Waals surface area contributed by atoms with Crippen LogP contribution in [0.3, 0.4) is 0 Å². The number of amides is 2. The smallest absolute Gasteiger partial charge is 0.369 e. The maximum Gasteiger partial charge on any atom is 0.416 e. The van der Waals surface area contributed by atoms with Crippen molar-refractivity contribution in [2.75, 3.05) is 14.1 Å². The van der Waals surface area contributed by atoms with Crippen LogP contribution in [-0.4, -0.2) is 43.2 Å². The maximum atomic E-state index is 12.7. The number of hydrogen-bond donors (Lipinski definition) is 1. The van der Waals surface area contributed by atoms with Crippen LogP contribution < -0.4 is 5.32 Å². The number of aliphatic imine (C=N–C) groups is 1. The van der Waals surface area contributed by atoms with E-state index in [1.807, 2.05) is 0 Å². The van der Waals surface area contributed by atoms with Gasteiger partial charge >= 0.3 is 6.18 Å². The predicted molar refractivity (Wildman–Crippen MR) is 80.6 cm³/mol. The lowest BCUT2D eigenvalue weighted by molar-refractivity contribution is -0.137. The minimum absolute atomic E-state index is 0.227. The Balaban J connectivity index is 2.90. The van der Waals surface area contributed by atoms with E-state index >= 15 is 0 Å². The zero-order chi connectivity index (χ0) is 17.8. The van der Waals surface area contributed by atoms with Gasteiger partial charge in [0.05, 0.1) is 11.9 Å². The van der Waals surface area contributed by atoms with Gasteiger partial charge in [-0.05, 0) is 25.1 Å². The summed E-state index contributed by atoms with van der Waals surface area (Å²) in [4.78, 5) is 28.8. The SMILES string of the molecule is C[C@H](NC(=O)c1cc(Cl)cc(C(F)(F)F)c1)C(=O)/N=C/N(C)C. The van der Waals surface area contributed by atoms with Crippen LogP contribution in [0.15, 0.2) is 23.2 Å². The number of alkyl halides is 3. The van der Waals surface area contributed by atoms with Crippen LogP contribution in [-0.2, 0) is 11.0 Å². The Morgan fingerprint density at radius 1 is 1.30 bits per heavy atom. The Labute approximate surface area is 136 Å². The van der Waals surface area contributed by atoms with E-state index in [1.54, 1.807) is 14.1 Å². The third-order valence-electron chi connectivity index (χ3n) is 2.62. The molecule has 9 heteroatoms. The molecule has 1 aromatic carbocycles. The lowest BCUT2D eigenvalue weighted by atomic mass is 10.1. The van der Waals surface area contributed by atoms with E-state index in [9.17, 15) is 22.8 Å². The largest absolute Gasteiger partial charge is 0.416 e. The highest BCUT2D eigenvalue weighted by Gasteiger charge is 2.32. The van der Waals surface area contributed by atoms with Gasteiger partial charge in [0.15, 0.2) is 0 Å². The molecule has 23 heavy (non-hydrogen) atoms. The summed E-state index contributed by atoms with van der Waals surface area (Å²) in [5.41, 5.74) is -1.33. The van der Waals surface area contributed by atoms with Gasteiger partial charge in [0.2, 0.25) is 0 Å². The summed E-state index contributed by atoms with van der Waals surface area (Å²) in [5.74, 6) is -1.48. The maximum absolute atomic E-state index is 12.7. The summed E-state index contributed by atoms with van der Waals surface area (Å²) in [6.07, 6.45) is -3.37. The van der Waals surface area contributed by atoms with Crippen LogP contribution in [0.1, 0.15) is 22.8 Å². The minimum atomic E-state index is -4.63. The number of carbonyl (C=O) groups is 2. The van der Waals surface area contributed by atoms with Crippen LogP contribution >= 0.6 is 11.6 Å². The molecule has 2 amide bonds. The van der Waals surface area contributed by atoms with Crippen LogP contribution in [0.25, 0.3) is 0 Å². The monoisotopic (exact) mass is 349 g/mol. The third kappa shape index (κ3) is 5.90. The zero-order valence-corrected chi connectivity index (χ0v) is 13.4. The summed E-state index contributed by atoms with van der Waals surface area (Å²) in [6, 6.07) is 1.48. The topological polar surface area (TPSA) is 61.8 Å². The zero-order valence-electron chi connectivity index (χ0n) is 12.6. The standard InChI is InChI=1S/C14H15ClF3N3O2/c1-8(12(22)19-7-21(2)3)20-13(23)9-4-10(14(16,17)18)6-11(15)5-9/h4-8H,1-3H3,(H,20,23)/b19-7+/t8-/m0/s1. The molecule has 1 atom stereocenters. The number of nitrogens with zero attached hydrogens (tertiary/aromatic N) is 2. The molecule has 0 aliphatic carbocycles. The summed E-state index contributed by atoms with van der Waals surface area (Å²) < 4.78 is 38.1. The fraction of sp³-hybridized carbons (Fsp3) is 0.357. The molecule has 1 N–H and O–H groups in total. The molecule has 0 bridgehead atoms. The molecule has 0 heterocycles. The quantitative estimate of drug-likeness (QED) is 0.671. The first-order valence-electron chi connectivity index (χ1n) is 6.44. The van der Waals surface area contributed by atoms with Crippen LogP contribution in [0.5, 0.6) is 0 Å². The Morgan fingerprint density at radius 3 is 2.43 bits per heavy atom. The molecule has 0 aliphatic heterocycles. The third-order valence-corrected chi connectivity index (χ3v) is 2.84. The van der Waals surface area contributed by atoms with E-state index in [-0.39, 0.29) is 10.6 Å². The average Bonchev–Trinajstić information content (AvgIpc) is 2.42. The molecular formula is C14H15ClF3N3O2. The molecule has 0 fully saturated rings. The van der Waals surface area contributed by atoms with E-state index in [2.05, 4.69) is 10.3 Å². The molecule has 0 saturated carbocycles. The molecule has 5 nitrogen and oxygen atoms in total. The van der Waals surface area contributed by atoms with Gasteiger partial charge in [0.1, 0.15) is 6.04 Å². The van der Waals surface area contributed by atoms with Crippen LogP contribution in [0.4, 0.5) is 13.2 Å². The van der Waals surface area contributed by atoms with Crippen molar-refractivity contribution >= 4 is 29.8 Å². The fourth-order valence-electron chi connectivity index (χ4n) is 1.51. The molecular weight excluding hydrogens is 335 g/mol. The van der Waals surface area contributed by atoms with Gasteiger partial charge in [-0.3, -0.25) is 9.59 Å². The van der Waals surface area contributed by atoms with Crippen molar-refractivity contribution < 1.29 is 22.8 Å². The van der Waals surface area contributed by atoms with Crippen molar-refractivity contribution in [3.05, 3.63) is 34.3 Å². The van der Waals surface area contributed by atoms with Gasteiger partial charge in [-0.1, -0.05) is 11.6 Å². The number of hydrogen-bond acceptors (Lipinski definition) is 2. The molecule has 0 aliphatic rings. The molecule has 0 radical (unpaired) electrons. The second-order valence-corrected chi connectivity index (χ2v) is 5.40. The van der Waals surface area contributed by atoms with Gasteiger partial charge in [0.25, 0.3) is 11.8 Å². The lowest BCUT2D eigenvalue weighted by Gasteiger charge is -2.13. The van der Waals surface area contributed by atoms with Gasteiger partial charge in [0, 0.05) is 24.7 Å². The van der Waals surface area contributed by atoms with E-state index < -0.39 is 29.6 Å². The van der Waals surface area contributed by atoms with Crippen LogP contribution in [0, 0.1) is 0 Å². The average molecular weight is 350 g/mol. The van der Waals surface area contributed by atoms with E-state index in [1.165, 1.54) is 18.2 Å². The number of benzene rings is 1.